The summed E-state index contributed by atoms with van der Waals surface area (Å²) in [7, 11) is 0. The average molecular weight is 308 g/mol. The van der Waals surface area contributed by atoms with Crippen LogP contribution in [0.4, 0.5) is 0 Å². The van der Waals surface area contributed by atoms with Gasteiger partial charge in [-0.05, 0) is 57.7 Å². The summed E-state index contributed by atoms with van der Waals surface area (Å²) in [6.45, 7) is 6.48. The van der Waals surface area contributed by atoms with Crippen molar-refractivity contribution in [1.29, 1.82) is 0 Å². The number of thioether (sulfide) groups is 1. The Hall–Kier alpha value is -0.510. The predicted octanol–water partition coefficient (Wildman–Crippen LogP) is 4.41. The Balaban J connectivity index is 1.77. The highest BCUT2D eigenvalue weighted by Gasteiger charge is 2.17. The minimum atomic E-state index is 0.514. The smallest absolute Gasteiger partial charge is 0.0576 e. The summed E-state index contributed by atoms with van der Waals surface area (Å²) in [6, 6.07) is 9.41. The molecule has 0 saturated carbocycles. The van der Waals surface area contributed by atoms with Gasteiger partial charge in [0, 0.05) is 23.3 Å². The third-order valence-corrected chi connectivity index (χ3v) is 5.14. The lowest BCUT2D eigenvalue weighted by molar-refractivity contribution is 0.100. The molecule has 1 fully saturated rings. The monoisotopic (exact) mass is 307 g/mol. The molecule has 1 aliphatic rings. The molecular formula is C18H29NOS. The number of rotatable bonds is 9. The first-order chi connectivity index (χ1) is 10.3. The number of benzene rings is 1. The van der Waals surface area contributed by atoms with Crippen LogP contribution >= 0.6 is 11.8 Å². The van der Waals surface area contributed by atoms with Crippen molar-refractivity contribution in [3.63, 3.8) is 0 Å². The van der Waals surface area contributed by atoms with E-state index >= 15 is 0 Å². The number of nitrogens with one attached hydrogen (secondary N) is 1. The van der Waals surface area contributed by atoms with Crippen LogP contribution in [0.25, 0.3) is 0 Å². The first-order valence-electron chi connectivity index (χ1n) is 8.32. The molecule has 1 N–H and O–H groups in total. The van der Waals surface area contributed by atoms with Crippen LogP contribution in [-0.2, 0) is 4.74 Å². The molecule has 1 aromatic carbocycles. The number of ether oxygens (including phenoxy) is 1. The zero-order valence-corrected chi connectivity index (χ0v) is 14.3. The number of hydrogen-bond donors (Lipinski definition) is 1. The Labute approximate surface area is 134 Å². The van der Waals surface area contributed by atoms with E-state index < -0.39 is 0 Å². The van der Waals surface area contributed by atoms with E-state index in [1.54, 1.807) is 0 Å². The molecular weight excluding hydrogens is 278 g/mol. The molecule has 1 heterocycles. The van der Waals surface area contributed by atoms with Crippen molar-refractivity contribution in [2.75, 3.05) is 18.9 Å². The molecule has 0 amide bonds. The van der Waals surface area contributed by atoms with Gasteiger partial charge < -0.3 is 10.1 Å². The van der Waals surface area contributed by atoms with Gasteiger partial charge in [-0.2, -0.15) is 0 Å². The average Bonchev–Trinajstić information content (AvgIpc) is 3.00. The largest absolute Gasteiger partial charge is 0.378 e. The molecule has 0 bridgehead atoms. The lowest BCUT2D eigenvalue weighted by Gasteiger charge is -2.20. The van der Waals surface area contributed by atoms with E-state index in [2.05, 4.69) is 43.4 Å². The molecule has 2 unspecified atom stereocenters. The minimum absolute atomic E-state index is 0.514. The second-order valence-corrected chi connectivity index (χ2v) is 7.08. The zero-order valence-electron chi connectivity index (χ0n) is 13.4. The summed E-state index contributed by atoms with van der Waals surface area (Å²) < 4.78 is 5.75. The topological polar surface area (TPSA) is 21.3 Å². The predicted molar refractivity (Wildman–Crippen MR) is 92.2 cm³/mol. The normalized spacial score (nSPS) is 19.8. The first kappa shape index (κ1) is 16.9. The van der Waals surface area contributed by atoms with E-state index in [4.69, 9.17) is 4.74 Å². The van der Waals surface area contributed by atoms with E-state index in [1.165, 1.54) is 42.6 Å². The van der Waals surface area contributed by atoms with Crippen LogP contribution in [-0.4, -0.2) is 31.1 Å². The maximum atomic E-state index is 5.75. The highest BCUT2D eigenvalue weighted by atomic mass is 32.2. The summed E-state index contributed by atoms with van der Waals surface area (Å²) in [5.74, 6) is 1.15. The quantitative estimate of drug-likeness (QED) is 0.683. The number of aryl methyl sites for hydroxylation is 1. The third-order valence-electron chi connectivity index (χ3n) is 3.98. The van der Waals surface area contributed by atoms with Crippen LogP contribution in [0.15, 0.2) is 29.2 Å². The van der Waals surface area contributed by atoms with Gasteiger partial charge in [0.15, 0.2) is 0 Å². The Morgan fingerprint density at radius 2 is 2.33 bits per heavy atom. The molecule has 0 aromatic heterocycles. The van der Waals surface area contributed by atoms with Crippen molar-refractivity contribution in [2.45, 2.75) is 63.0 Å². The van der Waals surface area contributed by atoms with Crippen LogP contribution in [0.2, 0.25) is 0 Å². The van der Waals surface area contributed by atoms with Crippen LogP contribution in [0.1, 0.15) is 44.6 Å². The Kier molecular flexibility index (Phi) is 7.62. The van der Waals surface area contributed by atoms with Crippen molar-refractivity contribution in [3.8, 4) is 0 Å². The van der Waals surface area contributed by atoms with Crippen LogP contribution in [0.3, 0.4) is 0 Å². The fraction of sp³-hybridized carbons (Fsp3) is 0.667. The van der Waals surface area contributed by atoms with Gasteiger partial charge in [0.1, 0.15) is 0 Å². The van der Waals surface area contributed by atoms with E-state index in [0.717, 1.165) is 18.9 Å². The summed E-state index contributed by atoms with van der Waals surface area (Å²) in [6.07, 6.45) is 6.64. The molecule has 2 nitrogen and oxygen atoms in total. The van der Waals surface area contributed by atoms with Crippen molar-refractivity contribution in [2.24, 2.45) is 0 Å². The van der Waals surface area contributed by atoms with Crippen molar-refractivity contribution in [3.05, 3.63) is 29.8 Å². The lowest BCUT2D eigenvalue weighted by atomic mass is 10.1. The molecule has 1 aliphatic heterocycles. The second kappa shape index (κ2) is 9.50. The van der Waals surface area contributed by atoms with Gasteiger partial charge >= 0.3 is 0 Å². The molecule has 2 atom stereocenters. The molecule has 0 aliphatic carbocycles. The summed E-state index contributed by atoms with van der Waals surface area (Å²) in [4.78, 5) is 1.38. The van der Waals surface area contributed by atoms with Gasteiger partial charge in [-0.1, -0.05) is 24.6 Å². The fourth-order valence-electron chi connectivity index (χ4n) is 2.75. The van der Waals surface area contributed by atoms with E-state index in [0.29, 0.717) is 12.1 Å². The highest BCUT2D eigenvalue weighted by Crippen LogP contribution is 2.23. The van der Waals surface area contributed by atoms with Crippen molar-refractivity contribution < 1.29 is 4.74 Å². The summed E-state index contributed by atoms with van der Waals surface area (Å²) in [5.41, 5.74) is 1.34. The van der Waals surface area contributed by atoms with Gasteiger partial charge in [0.2, 0.25) is 0 Å². The Morgan fingerprint density at radius 3 is 3.05 bits per heavy atom. The SMILES string of the molecule is CCCNC(CCC1CCCO1)CSc1cccc(C)c1. The van der Waals surface area contributed by atoms with Crippen molar-refractivity contribution in [1.82, 2.24) is 5.32 Å². The highest BCUT2D eigenvalue weighted by molar-refractivity contribution is 7.99. The number of hydrogen-bond acceptors (Lipinski definition) is 3. The van der Waals surface area contributed by atoms with Gasteiger partial charge in [0.25, 0.3) is 0 Å². The van der Waals surface area contributed by atoms with E-state index in [1.807, 2.05) is 11.8 Å². The van der Waals surface area contributed by atoms with Gasteiger partial charge in [-0.3, -0.25) is 0 Å². The van der Waals surface area contributed by atoms with E-state index in [-0.39, 0.29) is 0 Å². The molecule has 1 aromatic rings. The standard InChI is InChI=1S/C18H29NOS/c1-3-11-19-16(9-10-17-7-5-12-20-17)14-21-18-8-4-6-15(2)13-18/h4,6,8,13,16-17,19H,3,5,7,9-12,14H2,1-2H3. The molecule has 3 heteroatoms. The van der Waals surface area contributed by atoms with Crippen LogP contribution in [0, 0.1) is 6.92 Å². The maximum Gasteiger partial charge on any atom is 0.0576 e. The first-order valence-corrected chi connectivity index (χ1v) is 9.31. The minimum Gasteiger partial charge on any atom is -0.378 e. The van der Waals surface area contributed by atoms with Gasteiger partial charge in [-0.15, -0.1) is 11.8 Å². The van der Waals surface area contributed by atoms with Crippen LogP contribution < -0.4 is 5.32 Å². The second-order valence-electron chi connectivity index (χ2n) is 5.99. The zero-order chi connectivity index (χ0) is 14.9. The van der Waals surface area contributed by atoms with Crippen molar-refractivity contribution >= 4 is 11.8 Å². The fourth-order valence-corrected chi connectivity index (χ4v) is 3.88. The summed E-state index contributed by atoms with van der Waals surface area (Å²) in [5, 5.41) is 3.70. The van der Waals surface area contributed by atoms with Crippen LogP contribution in [0.5, 0.6) is 0 Å². The van der Waals surface area contributed by atoms with Gasteiger partial charge in [-0.25, -0.2) is 0 Å². The Bertz CT molecular complexity index is 404. The molecule has 21 heavy (non-hydrogen) atoms. The molecule has 0 radical (unpaired) electrons. The molecule has 0 spiro atoms. The molecule has 1 saturated heterocycles. The maximum absolute atomic E-state index is 5.75. The molecule has 118 valence electrons. The molecule has 2 rings (SSSR count). The summed E-state index contributed by atoms with van der Waals surface area (Å²) >= 11 is 1.97. The third kappa shape index (κ3) is 6.41. The Morgan fingerprint density at radius 1 is 1.43 bits per heavy atom. The van der Waals surface area contributed by atoms with Gasteiger partial charge in [0.05, 0.1) is 6.10 Å². The van der Waals surface area contributed by atoms with E-state index in [9.17, 15) is 0 Å². The lowest BCUT2D eigenvalue weighted by Crippen LogP contribution is -2.32.